The molecular formula is C32H33F2N5O4. The predicted molar refractivity (Wildman–Crippen MR) is 162 cm³/mol. The molecule has 2 aliphatic rings. The fraction of sp³-hybridized carbons (Fsp3) is 0.281. The highest BCUT2D eigenvalue weighted by Crippen LogP contribution is 2.31. The van der Waals surface area contributed by atoms with Crippen LogP contribution in [0.3, 0.4) is 0 Å². The molecule has 0 unspecified atom stereocenters. The van der Waals surface area contributed by atoms with Gasteiger partial charge in [-0.15, -0.1) is 0 Å². The number of fused-ring (bicyclic) bond motifs is 10. The van der Waals surface area contributed by atoms with E-state index in [1.807, 2.05) is 32.0 Å². The Balaban J connectivity index is 1.59. The van der Waals surface area contributed by atoms with Gasteiger partial charge in [-0.25, -0.2) is 4.79 Å². The first-order valence-electron chi connectivity index (χ1n) is 13.8. The summed E-state index contributed by atoms with van der Waals surface area (Å²) in [5, 5.41) is 7.34. The van der Waals surface area contributed by atoms with Crippen molar-refractivity contribution in [1.82, 2.24) is 14.8 Å². The van der Waals surface area contributed by atoms with E-state index in [1.54, 1.807) is 49.5 Å². The van der Waals surface area contributed by atoms with Crippen molar-refractivity contribution < 1.29 is 23.1 Å². The van der Waals surface area contributed by atoms with Crippen LogP contribution in [-0.2, 0) is 11.3 Å². The Hall–Kier alpha value is -4.93. The molecule has 43 heavy (non-hydrogen) atoms. The van der Waals surface area contributed by atoms with Gasteiger partial charge in [-0.1, -0.05) is 31.2 Å². The number of hydrogen-bond acceptors (Lipinski definition) is 5. The van der Waals surface area contributed by atoms with Crippen LogP contribution in [0.5, 0.6) is 5.75 Å². The van der Waals surface area contributed by atoms with Gasteiger partial charge in [0.1, 0.15) is 11.8 Å². The number of nitrogens with one attached hydrogen (secondary N) is 3. The topological polar surface area (TPSA) is 107 Å². The molecule has 0 saturated carbocycles. The largest absolute Gasteiger partial charge is 0.434 e. The number of ether oxygens (including phenoxy) is 1. The Morgan fingerprint density at radius 1 is 0.977 bits per heavy atom. The third-order valence-electron chi connectivity index (χ3n) is 7.70. The van der Waals surface area contributed by atoms with E-state index in [9.17, 15) is 23.2 Å². The lowest BCUT2D eigenvalue weighted by molar-refractivity contribution is -0.131. The van der Waals surface area contributed by atoms with Crippen molar-refractivity contribution in [2.24, 2.45) is 0 Å². The van der Waals surface area contributed by atoms with E-state index in [4.69, 9.17) is 4.74 Å². The number of carbonyl (C=O) groups is 2. The molecular weight excluding hydrogens is 556 g/mol. The van der Waals surface area contributed by atoms with Crippen LogP contribution in [0.15, 0.2) is 71.7 Å². The molecule has 3 heterocycles. The number of aromatic nitrogens is 1. The van der Waals surface area contributed by atoms with Gasteiger partial charge < -0.3 is 30.2 Å². The van der Waals surface area contributed by atoms with Crippen LogP contribution >= 0.6 is 0 Å². The second kappa shape index (κ2) is 12.1. The van der Waals surface area contributed by atoms with E-state index in [0.29, 0.717) is 34.4 Å². The molecule has 224 valence electrons. The SMILES string of the molecule is Cc1cc2ccc1[C@@H](C)CN(C)C(=O)Nc1ccc(OC(F)F)c(c1)CN(C)C(=O)[C@@H]2Nc1ccc2cc[nH]c(=O)c2c1. The normalized spacial score (nSPS) is 17.8. The zero-order valence-corrected chi connectivity index (χ0v) is 24.3. The predicted octanol–water partition coefficient (Wildman–Crippen LogP) is 5.83. The molecule has 0 saturated heterocycles. The highest BCUT2D eigenvalue weighted by Gasteiger charge is 2.27. The summed E-state index contributed by atoms with van der Waals surface area (Å²) >= 11 is 0. The third-order valence-corrected chi connectivity index (χ3v) is 7.70. The van der Waals surface area contributed by atoms with Gasteiger partial charge in [0.25, 0.3) is 5.56 Å². The lowest BCUT2D eigenvalue weighted by Gasteiger charge is -2.28. The maximum Gasteiger partial charge on any atom is 0.387 e. The first kappa shape index (κ1) is 29.6. The summed E-state index contributed by atoms with van der Waals surface area (Å²) in [5.74, 6) is -0.465. The molecule has 9 nitrogen and oxygen atoms in total. The number of nitrogens with zero attached hydrogens (tertiary/aromatic N) is 2. The molecule has 4 aromatic rings. The molecule has 2 atom stereocenters. The summed E-state index contributed by atoms with van der Waals surface area (Å²) < 4.78 is 31.3. The minimum absolute atomic E-state index is 0.0212. The number of urea groups is 1. The van der Waals surface area contributed by atoms with E-state index in [-0.39, 0.29) is 35.7 Å². The number of carbonyl (C=O) groups excluding carboxylic acids is 2. The molecule has 0 spiro atoms. The lowest BCUT2D eigenvalue weighted by Crippen LogP contribution is -2.36. The molecule has 0 fully saturated rings. The van der Waals surface area contributed by atoms with Gasteiger partial charge in [-0.05, 0) is 71.3 Å². The van der Waals surface area contributed by atoms with E-state index in [2.05, 4.69) is 15.6 Å². The number of anilines is 2. The Labute approximate surface area is 247 Å². The number of rotatable bonds is 4. The van der Waals surface area contributed by atoms with E-state index < -0.39 is 12.7 Å². The molecule has 3 amide bonds. The average Bonchev–Trinajstić information content (AvgIpc) is 2.96. The van der Waals surface area contributed by atoms with Crippen molar-refractivity contribution in [1.29, 1.82) is 0 Å². The van der Waals surface area contributed by atoms with Crippen molar-refractivity contribution in [3.63, 3.8) is 0 Å². The maximum absolute atomic E-state index is 14.1. The van der Waals surface area contributed by atoms with Gasteiger partial charge in [0, 0.05) is 55.7 Å². The number of hydrogen-bond donors (Lipinski definition) is 3. The van der Waals surface area contributed by atoms with Gasteiger partial charge in [-0.3, -0.25) is 9.59 Å². The molecule has 2 aliphatic heterocycles. The van der Waals surface area contributed by atoms with E-state index in [1.165, 1.54) is 23.1 Å². The standard InChI is InChI=1S/C32H33F2N5O4/c1-18-13-21-6-9-25(18)19(2)16-39(4)32(42)37-23-8-10-27(43-31(33)34)22(14-23)17-38(3)30(41)28(21)36-24-7-5-20-11-12-35-29(40)26(20)15-24/h5-15,19,28,31,36H,16-17H2,1-4H3,(H,35,40)(H,37,42)/t19-,28+/m0/s1. The quantitative estimate of drug-likeness (QED) is 0.278. The monoisotopic (exact) mass is 589 g/mol. The zero-order chi connectivity index (χ0) is 30.8. The first-order valence-corrected chi connectivity index (χ1v) is 13.8. The van der Waals surface area contributed by atoms with Crippen molar-refractivity contribution in [3.05, 3.63) is 99.5 Å². The van der Waals surface area contributed by atoms with Gasteiger partial charge in [0.05, 0.1) is 0 Å². The minimum Gasteiger partial charge on any atom is -0.434 e. The molecule has 3 N–H and O–H groups in total. The average molecular weight is 590 g/mol. The van der Waals surface area contributed by atoms with Gasteiger partial charge in [-0.2, -0.15) is 8.78 Å². The molecule has 0 radical (unpaired) electrons. The van der Waals surface area contributed by atoms with Gasteiger partial charge in [0.2, 0.25) is 5.91 Å². The van der Waals surface area contributed by atoms with Gasteiger partial charge in [0.15, 0.2) is 0 Å². The summed E-state index contributed by atoms with van der Waals surface area (Å²) in [6.07, 6.45) is 1.58. The number of aromatic amines is 1. The first-order chi connectivity index (χ1) is 20.5. The summed E-state index contributed by atoms with van der Waals surface area (Å²) in [6, 6.07) is 16.0. The Morgan fingerprint density at radius 2 is 1.77 bits per heavy atom. The van der Waals surface area contributed by atoms with Crippen LogP contribution in [0.4, 0.5) is 25.0 Å². The molecule has 3 aromatic carbocycles. The van der Waals surface area contributed by atoms with E-state index >= 15 is 0 Å². The van der Waals surface area contributed by atoms with Crippen LogP contribution in [0.25, 0.3) is 10.8 Å². The number of H-pyrrole nitrogens is 1. The number of halogens is 2. The number of pyridine rings is 1. The zero-order valence-electron chi connectivity index (χ0n) is 24.3. The number of aryl methyl sites for hydroxylation is 1. The van der Waals surface area contributed by atoms with Crippen LogP contribution in [0, 0.1) is 6.92 Å². The van der Waals surface area contributed by atoms with Crippen LogP contribution in [-0.4, -0.2) is 54.0 Å². The summed E-state index contributed by atoms with van der Waals surface area (Å²) in [7, 11) is 3.26. The van der Waals surface area contributed by atoms with Crippen molar-refractivity contribution >= 4 is 34.1 Å². The molecule has 6 rings (SSSR count). The van der Waals surface area contributed by atoms with Crippen molar-refractivity contribution in [2.45, 2.75) is 39.0 Å². The molecule has 1 aromatic heterocycles. The highest BCUT2D eigenvalue weighted by molar-refractivity contribution is 5.90. The summed E-state index contributed by atoms with van der Waals surface area (Å²) in [5.41, 5.74) is 3.64. The number of amides is 3. The Kier molecular flexibility index (Phi) is 8.33. The van der Waals surface area contributed by atoms with Crippen LogP contribution in [0.1, 0.15) is 41.1 Å². The van der Waals surface area contributed by atoms with Crippen molar-refractivity contribution in [2.75, 3.05) is 31.3 Å². The Morgan fingerprint density at radius 3 is 2.51 bits per heavy atom. The van der Waals surface area contributed by atoms with Gasteiger partial charge >= 0.3 is 12.6 Å². The molecule has 11 heteroatoms. The summed E-state index contributed by atoms with van der Waals surface area (Å²) in [6.45, 7) is 1.24. The fourth-order valence-corrected chi connectivity index (χ4v) is 5.52. The summed E-state index contributed by atoms with van der Waals surface area (Å²) in [4.78, 5) is 45.2. The number of likely N-dealkylation sites (N-methyl/N-ethyl adjacent to an activating group) is 2. The fourth-order valence-electron chi connectivity index (χ4n) is 5.52. The molecule has 0 aliphatic carbocycles. The maximum atomic E-state index is 14.1. The lowest BCUT2D eigenvalue weighted by atomic mass is 9.92. The molecule has 4 bridgehead atoms. The number of benzene rings is 3. The number of alkyl halides is 2. The van der Waals surface area contributed by atoms with E-state index in [0.717, 1.165) is 16.5 Å². The Bertz CT molecular complexity index is 1740. The minimum atomic E-state index is -3.07. The van der Waals surface area contributed by atoms with Crippen molar-refractivity contribution in [3.8, 4) is 5.75 Å². The smallest absolute Gasteiger partial charge is 0.387 e. The second-order valence-corrected chi connectivity index (χ2v) is 10.9. The van der Waals surface area contributed by atoms with Crippen LogP contribution < -0.4 is 20.9 Å². The third kappa shape index (κ3) is 6.45. The highest BCUT2D eigenvalue weighted by atomic mass is 19.3. The second-order valence-electron chi connectivity index (χ2n) is 10.9. The van der Waals surface area contributed by atoms with Crippen LogP contribution in [0.2, 0.25) is 0 Å².